The van der Waals surface area contributed by atoms with Gasteiger partial charge in [0.05, 0.1) is 37.9 Å². The van der Waals surface area contributed by atoms with Crippen LogP contribution in [-0.2, 0) is 19.1 Å². The van der Waals surface area contributed by atoms with Crippen molar-refractivity contribution in [3.05, 3.63) is 57.8 Å². The molecule has 1 aromatic carbocycles. The topological polar surface area (TPSA) is 113 Å². The van der Waals surface area contributed by atoms with Crippen LogP contribution in [0.25, 0.3) is 0 Å². The first-order valence-electron chi connectivity index (χ1n) is 13.1. The van der Waals surface area contributed by atoms with Gasteiger partial charge in [-0.2, -0.15) is 0 Å². The van der Waals surface area contributed by atoms with Crippen molar-refractivity contribution >= 4 is 50.5 Å². The van der Waals surface area contributed by atoms with Gasteiger partial charge in [0.15, 0.2) is 5.84 Å². The molecule has 9 nitrogen and oxygen atoms in total. The van der Waals surface area contributed by atoms with Gasteiger partial charge in [-0.05, 0) is 43.4 Å². The Kier molecular flexibility index (Phi) is 15.2. The minimum absolute atomic E-state index is 0.145. The highest BCUT2D eigenvalue weighted by Gasteiger charge is 2.29. The molecule has 12 heteroatoms. The Bertz CT molecular complexity index is 1100. The van der Waals surface area contributed by atoms with Crippen LogP contribution in [0.3, 0.4) is 0 Å². The molecule has 0 saturated carbocycles. The monoisotopic (exact) mass is 640 g/mol. The van der Waals surface area contributed by atoms with E-state index in [1.807, 2.05) is 0 Å². The normalized spacial score (nSPS) is 18.6. The van der Waals surface area contributed by atoms with Crippen LogP contribution >= 0.6 is 27.7 Å². The third-order valence-corrected chi connectivity index (χ3v) is 7.50. The summed E-state index contributed by atoms with van der Waals surface area (Å²) in [6.07, 6.45) is 2.25. The van der Waals surface area contributed by atoms with Crippen molar-refractivity contribution in [3.8, 4) is 0 Å². The zero-order valence-electron chi connectivity index (χ0n) is 23.2. The van der Waals surface area contributed by atoms with Crippen LogP contribution in [0, 0.1) is 11.7 Å². The minimum atomic E-state index is -0.769. The zero-order valence-corrected chi connectivity index (χ0v) is 25.6. The summed E-state index contributed by atoms with van der Waals surface area (Å²) in [5.74, 6) is -1.10. The lowest BCUT2D eigenvalue weighted by Crippen LogP contribution is -2.49. The van der Waals surface area contributed by atoms with E-state index in [9.17, 15) is 14.0 Å². The molecule has 1 fully saturated rings. The number of carbonyl (C=O) groups is 2. The molecule has 0 radical (unpaired) electrons. The lowest BCUT2D eigenvalue weighted by molar-refractivity contribution is -0.141. The highest BCUT2D eigenvalue weighted by Crippen LogP contribution is 2.21. The van der Waals surface area contributed by atoms with Crippen LogP contribution in [0.2, 0.25) is 0 Å². The fourth-order valence-electron chi connectivity index (χ4n) is 4.08. The van der Waals surface area contributed by atoms with Crippen molar-refractivity contribution in [1.82, 2.24) is 10.2 Å². The van der Waals surface area contributed by atoms with Gasteiger partial charge < -0.3 is 19.9 Å². The molecule has 1 aromatic rings. The maximum Gasteiger partial charge on any atom is 0.337 e. The van der Waals surface area contributed by atoms with E-state index in [1.165, 1.54) is 23.9 Å². The van der Waals surface area contributed by atoms with E-state index in [0.29, 0.717) is 49.2 Å². The number of thioether (sulfide) groups is 1. The van der Waals surface area contributed by atoms with Gasteiger partial charge in [-0.15, -0.1) is 0 Å². The van der Waals surface area contributed by atoms with Gasteiger partial charge in [0, 0.05) is 36.3 Å². The number of benzene rings is 1. The van der Waals surface area contributed by atoms with Crippen molar-refractivity contribution < 1.29 is 28.6 Å². The van der Waals surface area contributed by atoms with Gasteiger partial charge in [0.25, 0.3) is 0 Å². The van der Waals surface area contributed by atoms with Gasteiger partial charge in [0.2, 0.25) is 0 Å². The fraction of sp³-hybridized carbons (Fsp3) is 0.500. The summed E-state index contributed by atoms with van der Waals surface area (Å²) in [5, 5.41) is 14.8. The smallest absolute Gasteiger partial charge is 0.337 e. The summed E-state index contributed by atoms with van der Waals surface area (Å²) < 4.78 is 23.9. The molecule has 2 aliphatic rings. The number of nitrogens with one attached hydrogen (secondary N) is 1. The number of ether oxygens (including phenoxy) is 2. The van der Waals surface area contributed by atoms with Crippen LogP contribution in [0.1, 0.15) is 33.1 Å². The number of morpholine rings is 1. The summed E-state index contributed by atoms with van der Waals surface area (Å²) >= 11 is 4.49. The Morgan fingerprint density at radius 2 is 2.25 bits per heavy atom. The predicted octanol–water partition coefficient (Wildman–Crippen LogP) is 4.89. The predicted molar refractivity (Wildman–Crippen MR) is 161 cm³/mol. The number of rotatable bonds is 11. The van der Waals surface area contributed by atoms with Crippen molar-refractivity contribution in [2.24, 2.45) is 15.9 Å². The molecule has 1 saturated heterocycles. The number of halogens is 2. The van der Waals surface area contributed by atoms with Gasteiger partial charge in [0.1, 0.15) is 10.9 Å². The Morgan fingerprint density at radius 3 is 2.85 bits per heavy atom. The highest BCUT2D eigenvalue weighted by molar-refractivity contribution is 9.10. The van der Waals surface area contributed by atoms with E-state index in [2.05, 4.69) is 42.7 Å². The fourth-order valence-corrected chi connectivity index (χ4v) is 4.94. The molecule has 2 aliphatic heterocycles. The first-order valence-corrected chi connectivity index (χ1v) is 14.8. The summed E-state index contributed by atoms with van der Waals surface area (Å²) in [6.45, 7) is 10.2. The van der Waals surface area contributed by atoms with Crippen molar-refractivity contribution in [3.63, 3.8) is 0 Å². The number of carbonyl (C=O) groups excluding carboxylic acids is 1. The van der Waals surface area contributed by atoms with Gasteiger partial charge in [-0.3, -0.25) is 19.7 Å². The average Bonchev–Trinajstić information content (AvgIpc) is 2.93. The summed E-state index contributed by atoms with van der Waals surface area (Å²) in [6, 6.07) is 6.40. The highest BCUT2D eigenvalue weighted by atomic mass is 79.9. The molecule has 0 aromatic heterocycles. The number of aliphatic carboxylic acids is 1. The van der Waals surface area contributed by atoms with Crippen LogP contribution in [0.15, 0.2) is 62.0 Å². The second kappa shape index (κ2) is 18.0. The van der Waals surface area contributed by atoms with E-state index in [0.717, 1.165) is 29.6 Å². The molecule has 2 N–H and O–H groups in total. The Hall–Kier alpha value is -2.54. The molecule has 2 atom stereocenters. The quantitative estimate of drug-likeness (QED) is 0.200. The molecular formula is C28H38BrFN4O5S. The third-order valence-electron chi connectivity index (χ3n) is 6.24. The zero-order chi connectivity index (χ0) is 29.5. The van der Waals surface area contributed by atoms with E-state index >= 15 is 0 Å². The molecule has 2 heterocycles. The van der Waals surface area contributed by atoms with E-state index < -0.39 is 5.97 Å². The van der Waals surface area contributed by atoms with Gasteiger partial charge >= 0.3 is 11.9 Å². The third kappa shape index (κ3) is 11.1. The second-order valence-electron chi connectivity index (χ2n) is 9.09. The van der Waals surface area contributed by atoms with Gasteiger partial charge in [-0.1, -0.05) is 53.7 Å². The number of carboxylic acid groups (broad SMARTS) is 1. The first-order chi connectivity index (χ1) is 19.2. The van der Waals surface area contributed by atoms with E-state index in [-0.39, 0.29) is 30.3 Å². The Balaban J connectivity index is 0.000000598. The molecule has 3 rings (SSSR count). The summed E-state index contributed by atoms with van der Waals surface area (Å²) in [5.41, 5.74) is 1.27. The van der Waals surface area contributed by atoms with Crippen LogP contribution < -0.4 is 5.32 Å². The van der Waals surface area contributed by atoms with Crippen LogP contribution in [0.5, 0.6) is 0 Å². The first kappa shape index (κ1) is 33.7. The average molecular weight is 642 g/mol. The summed E-state index contributed by atoms with van der Waals surface area (Å²) in [7, 11) is 1.69. The molecule has 0 spiro atoms. The number of nitrogens with zero attached hydrogens (tertiary/aromatic N) is 3. The van der Waals surface area contributed by atoms with Crippen molar-refractivity contribution in [2.75, 3.05) is 46.5 Å². The number of esters is 1. The van der Waals surface area contributed by atoms with Crippen LogP contribution in [-0.4, -0.2) is 85.4 Å². The maximum atomic E-state index is 12.6. The number of amidine groups is 1. The molecule has 0 aliphatic carbocycles. The molecule has 0 bridgehead atoms. The minimum Gasteiger partial charge on any atom is -0.481 e. The summed E-state index contributed by atoms with van der Waals surface area (Å²) in [4.78, 5) is 34.7. The number of carboxylic acids is 1. The van der Waals surface area contributed by atoms with Gasteiger partial charge in [-0.25, -0.2) is 9.18 Å². The van der Waals surface area contributed by atoms with E-state index in [1.54, 1.807) is 38.4 Å². The SMILES string of the molecule is C=CSC(=NC)C1=NCC(C(=O)OCC)=C(CN2CCOC[C@H]2CCCC(C)C(=O)O)N1.Fc1cccc(Br)c1. The van der Waals surface area contributed by atoms with Crippen molar-refractivity contribution in [2.45, 2.75) is 39.2 Å². The number of hydrogen-bond donors (Lipinski definition) is 2. The Labute approximate surface area is 248 Å². The molecular weight excluding hydrogens is 603 g/mol. The molecule has 1 unspecified atom stereocenters. The van der Waals surface area contributed by atoms with E-state index in [4.69, 9.17) is 14.6 Å². The second-order valence-corrected chi connectivity index (χ2v) is 11.0. The lowest BCUT2D eigenvalue weighted by Gasteiger charge is -2.37. The molecule has 220 valence electrons. The Morgan fingerprint density at radius 1 is 1.48 bits per heavy atom. The van der Waals surface area contributed by atoms with Crippen molar-refractivity contribution in [1.29, 1.82) is 0 Å². The lowest BCUT2D eigenvalue weighted by atomic mass is 10.00. The molecule has 0 amide bonds. The number of hydrogen-bond acceptors (Lipinski definition) is 9. The van der Waals surface area contributed by atoms with Crippen LogP contribution in [0.4, 0.5) is 4.39 Å². The largest absolute Gasteiger partial charge is 0.481 e. The molecule has 40 heavy (non-hydrogen) atoms. The number of aliphatic imine (C=N–C) groups is 2. The maximum absolute atomic E-state index is 12.6. The standard InChI is InChI=1S/C22H34N4O5S.C6H4BrF/c1-5-31-22(29)17-12-24-19(20(23-4)32-6-2)25-18(17)13-26-10-11-30-14-16(26)9-7-8-15(3)21(27)28;7-5-2-1-3-6(8)4-5/h6,15-16H,2,5,7-14H2,1,3-4H3,(H,24,25)(H,27,28);1-4H/t15?,16-;/m1./s1.